The Morgan fingerprint density at radius 2 is 1.56 bits per heavy atom. The maximum atomic E-state index is 13.1. The second-order valence-electron chi connectivity index (χ2n) is 8.04. The Balaban J connectivity index is 1.43. The summed E-state index contributed by atoms with van der Waals surface area (Å²) in [4.78, 5) is 15.1. The number of carbonyl (C=O) groups is 1. The van der Waals surface area contributed by atoms with Crippen LogP contribution >= 0.6 is 11.6 Å². The molecule has 1 N–H and O–H groups in total. The van der Waals surface area contributed by atoms with E-state index in [1.165, 1.54) is 23.8 Å². The summed E-state index contributed by atoms with van der Waals surface area (Å²) in [7, 11) is -3.75. The quantitative estimate of drug-likeness (QED) is 0.538. The Morgan fingerprint density at radius 3 is 2.22 bits per heavy atom. The fourth-order valence-corrected chi connectivity index (χ4v) is 5.29. The molecule has 1 heterocycles. The molecule has 3 aromatic carbocycles. The van der Waals surface area contributed by atoms with Crippen LogP contribution in [0, 0.1) is 5.92 Å². The number of nitrogens with zero attached hydrogens (tertiary/aromatic N) is 1. The first-order valence-electron chi connectivity index (χ1n) is 10.6. The SMILES string of the molecule is O=C(c1cc(NS(=O)(=O)c2ccccc2)ccc1Cl)N1CCC(Cc2ccccc2)CC1. The molecule has 1 aliphatic rings. The smallest absolute Gasteiger partial charge is 0.261 e. The van der Waals surface area contributed by atoms with E-state index in [1.807, 2.05) is 6.07 Å². The number of hydrogen-bond acceptors (Lipinski definition) is 3. The van der Waals surface area contributed by atoms with Crippen LogP contribution in [0.15, 0.2) is 83.8 Å². The van der Waals surface area contributed by atoms with Gasteiger partial charge in [-0.25, -0.2) is 8.42 Å². The van der Waals surface area contributed by atoms with Crippen molar-refractivity contribution in [3.63, 3.8) is 0 Å². The third-order valence-electron chi connectivity index (χ3n) is 5.77. The van der Waals surface area contributed by atoms with E-state index in [0.717, 1.165) is 19.3 Å². The number of piperidine rings is 1. The van der Waals surface area contributed by atoms with Crippen LogP contribution in [0.25, 0.3) is 0 Å². The molecule has 0 atom stereocenters. The summed E-state index contributed by atoms with van der Waals surface area (Å²) < 4.78 is 27.8. The number of anilines is 1. The van der Waals surface area contributed by atoms with Crippen LogP contribution in [0.4, 0.5) is 5.69 Å². The third kappa shape index (κ3) is 5.31. The predicted octanol–water partition coefficient (Wildman–Crippen LogP) is 5.24. The number of hydrogen-bond donors (Lipinski definition) is 1. The van der Waals surface area contributed by atoms with E-state index in [2.05, 4.69) is 29.0 Å². The van der Waals surface area contributed by atoms with E-state index >= 15 is 0 Å². The minimum atomic E-state index is -3.75. The number of nitrogens with one attached hydrogen (secondary N) is 1. The summed E-state index contributed by atoms with van der Waals surface area (Å²) in [5.74, 6) is 0.370. The Bertz CT molecular complexity index is 1180. The highest BCUT2D eigenvalue weighted by molar-refractivity contribution is 7.92. The van der Waals surface area contributed by atoms with Gasteiger partial charge in [-0.3, -0.25) is 9.52 Å². The number of amides is 1. The first-order valence-corrected chi connectivity index (χ1v) is 12.5. The van der Waals surface area contributed by atoms with Gasteiger partial charge in [-0.15, -0.1) is 0 Å². The van der Waals surface area contributed by atoms with Crippen LogP contribution in [-0.4, -0.2) is 32.3 Å². The fraction of sp³-hybridized carbons (Fsp3) is 0.240. The molecule has 0 aliphatic carbocycles. The van der Waals surface area contributed by atoms with Crippen molar-refractivity contribution in [3.8, 4) is 0 Å². The zero-order valence-corrected chi connectivity index (χ0v) is 19.1. The Labute approximate surface area is 194 Å². The summed E-state index contributed by atoms with van der Waals surface area (Å²) in [6, 6.07) is 23.1. The van der Waals surface area contributed by atoms with Crippen LogP contribution in [0.1, 0.15) is 28.8 Å². The highest BCUT2D eigenvalue weighted by atomic mass is 35.5. The first kappa shape index (κ1) is 22.4. The molecular formula is C25H25ClN2O3S. The van der Waals surface area contributed by atoms with Crippen molar-refractivity contribution in [1.82, 2.24) is 4.90 Å². The number of halogens is 1. The Morgan fingerprint density at radius 1 is 0.938 bits per heavy atom. The van der Waals surface area contributed by atoms with Crippen LogP contribution in [0.5, 0.6) is 0 Å². The molecule has 166 valence electrons. The standard InChI is InChI=1S/C25H25ClN2O3S/c26-24-12-11-21(27-32(30,31)22-9-5-2-6-10-22)18-23(24)25(29)28-15-13-20(14-16-28)17-19-7-3-1-4-8-19/h1-12,18,20,27H,13-17H2. The molecule has 0 saturated carbocycles. The molecule has 4 rings (SSSR count). The summed E-state index contributed by atoms with van der Waals surface area (Å²) in [6.07, 6.45) is 2.87. The van der Waals surface area contributed by atoms with Gasteiger partial charge < -0.3 is 4.90 Å². The lowest BCUT2D eigenvalue weighted by atomic mass is 9.90. The molecule has 5 nitrogen and oxygen atoms in total. The lowest BCUT2D eigenvalue weighted by molar-refractivity contribution is 0.0691. The van der Waals surface area contributed by atoms with E-state index in [9.17, 15) is 13.2 Å². The van der Waals surface area contributed by atoms with Gasteiger partial charge in [0, 0.05) is 18.8 Å². The summed E-state index contributed by atoms with van der Waals surface area (Å²) >= 11 is 6.31. The second kappa shape index (κ2) is 9.76. The minimum absolute atomic E-state index is 0.156. The van der Waals surface area contributed by atoms with Gasteiger partial charge >= 0.3 is 0 Å². The number of carbonyl (C=O) groups excluding carboxylic acids is 1. The number of sulfonamides is 1. The molecule has 0 radical (unpaired) electrons. The molecule has 0 aromatic heterocycles. The van der Waals surface area contributed by atoms with E-state index in [1.54, 1.807) is 35.2 Å². The van der Waals surface area contributed by atoms with Crippen LogP contribution in [-0.2, 0) is 16.4 Å². The van der Waals surface area contributed by atoms with Crippen molar-refractivity contribution in [2.24, 2.45) is 5.92 Å². The molecule has 32 heavy (non-hydrogen) atoms. The van der Waals surface area contributed by atoms with Crippen molar-refractivity contribution in [2.75, 3.05) is 17.8 Å². The molecule has 7 heteroatoms. The van der Waals surface area contributed by atoms with Crippen molar-refractivity contribution in [2.45, 2.75) is 24.2 Å². The van der Waals surface area contributed by atoms with E-state index in [4.69, 9.17) is 11.6 Å². The lowest BCUT2D eigenvalue weighted by Crippen LogP contribution is -2.39. The van der Waals surface area contributed by atoms with Crippen LogP contribution in [0.2, 0.25) is 5.02 Å². The highest BCUT2D eigenvalue weighted by Gasteiger charge is 2.25. The molecule has 1 aliphatic heterocycles. The van der Waals surface area contributed by atoms with Crippen LogP contribution < -0.4 is 4.72 Å². The molecule has 0 bridgehead atoms. The van der Waals surface area contributed by atoms with Crippen molar-refractivity contribution < 1.29 is 13.2 Å². The number of benzene rings is 3. The van der Waals surface area contributed by atoms with Gasteiger partial charge in [-0.1, -0.05) is 60.1 Å². The zero-order valence-electron chi connectivity index (χ0n) is 17.6. The molecule has 1 fully saturated rings. The van der Waals surface area contributed by atoms with Gasteiger partial charge in [-0.2, -0.15) is 0 Å². The average molecular weight is 469 g/mol. The van der Waals surface area contributed by atoms with Gasteiger partial charge in [0.15, 0.2) is 0 Å². The number of rotatable bonds is 6. The van der Waals surface area contributed by atoms with Crippen LogP contribution in [0.3, 0.4) is 0 Å². The minimum Gasteiger partial charge on any atom is -0.339 e. The van der Waals surface area contributed by atoms with Gasteiger partial charge in [0.25, 0.3) is 15.9 Å². The zero-order chi connectivity index (χ0) is 22.6. The maximum Gasteiger partial charge on any atom is 0.261 e. The molecule has 0 unspecified atom stereocenters. The van der Waals surface area contributed by atoms with Crippen molar-refractivity contribution >= 4 is 33.2 Å². The summed E-state index contributed by atoms with van der Waals surface area (Å²) in [5.41, 5.74) is 1.93. The summed E-state index contributed by atoms with van der Waals surface area (Å²) in [5, 5.41) is 0.309. The van der Waals surface area contributed by atoms with Gasteiger partial charge in [0.2, 0.25) is 0 Å². The third-order valence-corrected chi connectivity index (χ3v) is 7.50. The molecule has 1 amide bonds. The highest BCUT2D eigenvalue weighted by Crippen LogP contribution is 2.27. The van der Waals surface area contributed by atoms with E-state index in [0.29, 0.717) is 35.3 Å². The van der Waals surface area contributed by atoms with Crippen molar-refractivity contribution in [3.05, 3.63) is 95.0 Å². The molecule has 1 saturated heterocycles. The topological polar surface area (TPSA) is 66.5 Å². The molecular weight excluding hydrogens is 444 g/mol. The lowest BCUT2D eigenvalue weighted by Gasteiger charge is -2.32. The van der Waals surface area contributed by atoms with Gasteiger partial charge in [0.1, 0.15) is 0 Å². The Kier molecular flexibility index (Phi) is 6.82. The monoisotopic (exact) mass is 468 g/mol. The average Bonchev–Trinajstić information content (AvgIpc) is 2.81. The fourth-order valence-electron chi connectivity index (χ4n) is 4.02. The van der Waals surface area contributed by atoms with Crippen molar-refractivity contribution in [1.29, 1.82) is 0 Å². The Hall–Kier alpha value is -2.83. The molecule has 3 aromatic rings. The predicted molar refractivity (Wildman–Crippen MR) is 127 cm³/mol. The number of likely N-dealkylation sites (tertiary alicyclic amines) is 1. The van der Waals surface area contributed by atoms with E-state index < -0.39 is 10.0 Å². The van der Waals surface area contributed by atoms with Gasteiger partial charge in [0.05, 0.1) is 15.5 Å². The normalized spacial score (nSPS) is 14.8. The van der Waals surface area contributed by atoms with E-state index in [-0.39, 0.29) is 10.8 Å². The van der Waals surface area contributed by atoms with Gasteiger partial charge in [-0.05, 0) is 61.1 Å². The largest absolute Gasteiger partial charge is 0.339 e. The summed E-state index contributed by atoms with van der Waals surface area (Å²) in [6.45, 7) is 1.32. The maximum absolute atomic E-state index is 13.1. The molecule has 0 spiro atoms. The second-order valence-corrected chi connectivity index (χ2v) is 10.1. The first-order chi connectivity index (χ1) is 15.4.